The molecule has 0 radical (unpaired) electrons. The van der Waals surface area contributed by atoms with Crippen molar-refractivity contribution in [2.45, 2.75) is 26.1 Å². The van der Waals surface area contributed by atoms with E-state index < -0.39 is 0 Å². The summed E-state index contributed by atoms with van der Waals surface area (Å²) in [6, 6.07) is 16.7. The molecule has 2 amide bonds. The fourth-order valence-corrected chi connectivity index (χ4v) is 3.43. The Morgan fingerprint density at radius 3 is 2.25 bits per heavy atom. The summed E-state index contributed by atoms with van der Waals surface area (Å²) in [5, 5.41) is 2.85. The Labute approximate surface area is 166 Å². The molecule has 1 saturated heterocycles. The van der Waals surface area contributed by atoms with Crippen LogP contribution in [0.4, 0.5) is 11.4 Å². The highest BCUT2D eigenvalue weighted by Gasteiger charge is 2.22. The van der Waals surface area contributed by atoms with E-state index in [0.29, 0.717) is 11.3 Å². The standard InChI is InChI=1S/C22H27N3O3/c1-16-13-25(14-17(2)28-16)20-11-9-19(10-12-20)23-21(26)15-24(3)22(27)18-7-5-4-6-8-18/h4-12,16-17H,13-15H2,1-3H3,(H,23,26). The largest absolute Gasteiger partial charge is 0.372 e. The lowest BCUT2D eigenvalue weighted by atomic mass is 10.2. The van der Waals surface area contributed by atoms with Crippen molar-refractivity contribution in [1.29, 1.82) is 0 Å². The van der Waals surface area contributed by atoms with Gasteiger partial charge in [0, 0.05) is 37.1 Å². The number of benzene rings is 2. The van der Waals surface area contributed by atoms with E-state index in [0.717, 1.165) is 18.8 Å². The maximum absolute atomic E-state index is 12.3. The van der Waals surface area contributed by atoms with Gasteiger partial charge in [0.05, 0.1) is 18.8 Å². The number of morpholine rings is 1. The fourth-order valence-electron chi connectivity index (χ4n) is 3.43. The fraction of sp³-hybridized carbons (Fsp3) is 0.364. The minimum Gasteiger partial charge on any atom is -0.372 e. The maximum Gasteiger partial charge on any atom is 0.254 e. The number of carbonyl (C=O) groups excluding carboxylic acids is 2. The number of carbonyl (C=O) groups is 2. The van der Waals surface area contributed by atoms with Crippen LogP contribution in [0.1, 0.15) is 24.2 Å². The molecule has 0 aromatic heterocycles. The molecule has 0 bridgehead atoms. The minimum atomic E-state index is -0.229. The normalized spacial score (nSPS) is 19.2. The number of hydrogen-bond donors (Lipinski definition) is 1. The zero-order valence-corrected chi connectivity index (χ0v) is 16.6. The average molecular weight is 381 g/mol. The highest BCUT2D eigenvalue weighted by atomic mass is 16.5. The van der Waals surface area contributed by atoms with Crippen LogP contribution in [0.25, 0.3) is 0 Å². The van der Waals surface area contributed by atoms with Crippen LogP contribution in [0.3, 0.4) is 0 Å². The van der Waals surface area contributed by atoms with Crippen LogP contribution in [0.5, 0.6) is 0 Å². The topological polar surface area (TPSA) is 61.9 Å². The van der Waals surface area contributed by atoms with Gasteiger partial charge >= 0.3 is 0 Å². The van der Waals surface area contributed by atoms with Crippen LogP contribution in [-0.4, -0.2) is 55.6 Å². The van der Waals surface area contributed by atoms with Crippen LogP contribution < -0.4 is 10.2 Å². The predicted molar refractivity (Wildman–Crippen MR) is 111 cm³/mol. The molecular formula is C22H27N3O3. The third-order valence-electron chi connectivity index (χ3n) is 4.68. The van der Waals surface area contributed by atoms with E-state index in [1.807, 2.05) is 30.3 Å². The average Bonchev–Trinajstić information content (AvgIpc) is 2.67. The number of ether oxygens (including phenoxy) is 1. The second-order valence-corrected chi connectivity index (χ2v) is 7.28. The molecule has 1 heterocycles. The van der Waals surface area contributed by atoms with Gasteiger partial charge in [0.2, 0.25) is 5.91 Å². The number of amides is 2. The first-order valence-corrected chi connectivity index (χ1v) is 9.53. The van der Waals surface area contributed by atoms with Gasteiger partial charge in [-0.2, -0.15) is 0 Å². The number of hydrogen-bond acceptors (Lipinski definition) is 4. The lowest BCUT2D eigenvalue weighted by Crippen LogP contribution is -2.45. The summed E-state index contributed by atoms with van der Waals surface area (Å²) in [6.07, 6.45) is 0.390. The molecule has 148 valence electrons. The van der Waals surface area contributed by atoms with Crippen molar-refractivity contribution >= 4 is 23.2 Å². The summed E-state index contributed by atoms with van der Waals surface area (Å²) in [7, 11) is 1.62. The Kier molecular flexibility index (Phi) is 6.31. The van der Waals surface area contributed by atoms with Gasteiger partial charge in [-0.1, -0.05) is 18.2 Å². The Balaban J connectivity index is 1.55. The Morgan fingerprint density at radius 1 is 1.04 bits per heavy atom. The van der Waals surface area contributed by atoms with Gasteiger partial charge in [-0.15, -0.1) is 0 Å². The quantitative estimate of drug-likeness (QED) is 0.865. The highest BCUT2D eigenvalue weighted by molar-refractivity contribution is 5.99. The molecule has 0 aliphatic carbocycles. The predicted octanol–water partition coefficient (Wildman–Crippen LogP) is 3.01. The number of rotatable bonds is 5. The van der Waals surface area contributed by atoms with Crippen molar-refractivity contribution in [3.8, 4) is 0 Å². The summed E-state index contributed by atoms with van der Waals surface area (Å²) >= 11 is 0. The van der Waals surface area contributed by atoms with Gasteiger partial charge < -0.3 is 19.9 Å². The summed E-state index contributed by atoms with van der Waals surface area (Å²) in [5.74, 6) is -0.408. The molecule has 1 fully saturated rings. The molecule has 0 spiro atoms. The lowest BCUT2D eigenvalue weighted by Gasteiger charge is -2.36. The monoisotopic (exact) mass is 381 g/mol. The van der Waals surface area contributed by atoms with Crippen LogP contribution in [0.2, 0.25) is 0 Å². The number of nitrogens with one attached hydrogen (secondary N) is 1. The van der Waals surface area contributed by atoms with E-state index in [-0.39, 0.29) is 30.6 Å². The van der Waals surface area contributed by atoms with Crippen molar-refractivity contribution in [3.05, 3.63) is 60.2 Å². The molecule has 1 aliphatic rings. The maximum atomic E-state index is 12.3. The van der Waals surface area contributed by atoms with Crippen LogP contribution in [-0.2, 0) is 9.53 Å². The van der Waals surface area contributed by atoms with Crippen LogP contribution >= 0.6 is 0 Å². The van der Waals surface area contributed by atoms with Crippen molar-refractivity contribution in [2.24, 2.45) is 0 Å². The van der Waals surface area contributed by atoms with Gasteiger partial charge in [0.25, 0.3) is 5.91 Å². The van der Waals surface area contributed by atoms with Crippen molar-refractivity contribution in [2.75, 3.05) is 36.9 Å². The SMILES string of the molecule is CC1CN(c2ccc(NC(=O)CN(C)C(=O)c3ccccc3)cc2)CC(C)O1. The molecule has 1 N–H and O–H groups in total. The summed E-state index contributed by atoms with van der Waals surface area (Å²) < 4.78 is 5.77. The van der Waals surface area contributed by atoms with Crippen molar-refractivity contribution < 1.29 is 14.3 Å². The molecule has 2 aromatic rings. The van der Waals surface area contributed by atoms with E-state index in [1.54, 1.807) is 31.3 Å². The van der Waals surface area contributed by atoms with E-state index in [4.69, 9.17) is 4.74 Å². The summed E-state index contributed by atoms with van der Waals surface area (Å²) in [4.78, 5) is 28.3. The third kappa shape index (κ3) is 5.10. The second kappa shape index (κ2) is 8.89. The second-order valence-electron chi connectivity index (χ2n) is 7.28. The first-order valence-electron chi connectivity index (χ1n) is 9.53. The molecule has 2 atom stereocenters. The zero-order valence-electron chi connectivity index (χ0n) is 16.6. The third-order valence-corrected chi connectivity index (χ3v) is 4.68. The molecule has 0 saturated carbocycles. The number of anilines is 2. The molecular weight excluding hydrogens is 354 g/mol. The molecule has 3 rings (SSSR count). The molecule has 2 unspecified atom stereocenters. The Bertz CT molecular complexity index is 798. The van der Waals surface area contributed by atoms with Crippen LogP contribution in [0, 0.1) is 0 Å². The lowest BCUT2D eigenvalue weighted by molar-refractivity contribution is -0.116. The number of nitrogens with zero attached hydrogens (tertiary/aromatic N) is 2. The van der Waals surface area contributed by atoms with Crippen LogP contribution in [0.15, 0.2) is 54.6 Å². The zero-order chi connectivity index (χ0) is 20.1. The van der Waals surface area contributed by atoms with Gasteiger partial charge in [-0.3, -0.25) is 9.59 Å². The van der Waals surface area contributed by atoms with Gasteiger partial charge in [-0.05, 0) is 50.2 Å². The van der Waals surface area contributed by atoms with Gasteiger partial charge in [0.1, 0.15) is 0 Å². The molecule has 2 aromatic carbocycles. The molecule has 6 heteroatoms. The first-order chi connectivity index (χ1) is 13.4. The van der Waals surface area contributed by atoms with Crippen molar-refractivity contribution in [1.82, 2.24) is 4.90 Å². The minimum absolute atomic E-state index is 0.00598. The highest BCUT2D eigenvalue weighted by Crippen LogP contribution is 2.22. The van der Waals surface area contributed by atoms with E-state index in [2.05, 4.69) is 24.1 Å². The summed E-state index contributed by atoms with van der Waals surface area (Å²) in [5.41, 5.74) is 2.39. The number of likely N-dealkylation sites (N-methyl/N-ethyl adjacent to an activating group) is 1. The first kappa shape index (κ1) is 19.9. The Morgan fingerprint density at radius 2 is 1.64 bits per heavy atom. The molecule has 28 heavy (non-hydrogen) atoms. The molecule has 1 aliphatic heterocycles. The van der Waals surface area contributed by atoms with E-state index in [9.17, 15) is 9.59 Å². The molecule has 6 nitrogen and oxygen atoms in total. The smallest absolute Gasteiger partial charge is 0.254 e. The van der Waals surface area contributed by atoms with E-state index in [1.165, 1.54) is 4.90 Å². The Hall–Kier alpha value is -2.86. The van der Waals surface area contributed by atoms with Crippen molar-refractivity contribution in [3.63, 3.8) is 0 Å². The summed E-state index contributed by atoms with van der Waals surface area (Å²) in [6.45, 7) is 5.84. The van der Waals surface area contributed by atoms with Gasteiger partial charge in [-0.25, -0.2) is 0 Å². The van der Waals surface area contributed by atoms with E-state index >= 15 is 0 Å². The van der Waals surface area contributed by atoms with Gasteiger partial charge in [0.15, 0.2) is 0 Å².